The molecule has 0 spiro atoms. The highest BCUT2D eigenvalue weighted by Gasteiger charge is 2.34. The number of hydrogen-bond donors (Lipinski definition) is 1. The van der Waals surface area contributed by atoms with Crippen LogP contribution in [-0.2, 0) is 6.54 Å². The van der Waals surface area contributed by atoms with Crippen LogP contribution in [0, 0.1) is 5.92 Å². The van der Waals surface area contributed by atoms with Gasteiger partial charge in [-0.1, -0.05) is 20.8 Å². The lowest BCUT2D eigenvalue weighted by molar-refractivity contribution is 0.211. The molecule has 0 aliphatic carbocycles. The number of hydrogen-bond acceptors (Lipinski definition) is 3. The van der Waals surface area contributed by atoms with E-state index in [9.17, 15) is 0 Å². The number of rotatable bonds is 5. The van der Waals surface area contributed by atoms with E-state index in [0.29, 0.717) is 12.0 Å². The number of nitrogens with zero attached hydrogens (tertiary/aromatic N) is 3. The summed E-state index contributed by atoms with van der Waals surface area (Å²) in [5, 5.41) is 4.43. The van der Waals surface area contributed by atoms with Crippen LogP contribution in [0.15, 0.2) is 12.3 Å². The van der Waals surface area contributed by atoms with Gasteiger partial charge in [-0.25, -0.2) is 0 Å². The third-order valence-corrected chi connectivity index (χ3v) is 3.64. The molecule has 2 rings (SSSR count). The quantitative estimate of drug-likeness (QED) is 0.869. The fourth-order valence-electron chi connectivity index (χ4n) is 2.96. The van der Waals surface area contributed by atoms with Gasteiger partial charge < -0.3 is 5.73 Å². The maximum atomic E-state index is 6.32. The minimum Gasteiger partial charge on any atom is -0.326 e. The van der Waals surface area contributed by atoms with Crippen LogP contribution in [0.4, 0.5) is 0 Å². The predicted molar refractivity (Wildman–Crippen MR) is 74.3 cm³/mol. The molecule has 2 atom stereocenters. The molecule has 2 unspecified atom stereocenters. The Morgan fingerprint density at radius 3 is 2.94 bits per heavy atom. The van der Waals surface area contributed by atoms with E-state index in [1.807, 2.05) is 6.20 Å². The van der Waals surface area contributed by atoms with Gasteiger partial charge in [0.1, 0.15) is 0 Å². The zero-order valence-electron chi connectivity index (χ0n) is 11.8. The van der Waals surface area contributed by atoms with Gasteiger partial charge >= 0.3 is 0 Å². The molecule has 0 aromatic carbocycles. The third kappa shape index (κ3) is 2.75. The van der Waals surface area contributed by atoms with Crippen molar-refractivity contribution < 1.29 is 0 Å². The van der Waals surface area contributed by atoms with Crippen LogP contribution in [0.1, 0.15) is 45.3 Å². The number of aryl methyl sites for hydroxylation is 1. The van der Waals surface area contributed by atoms with E-state index in [1.165, 1.54) is 5.69 Å². The summed E-state index contributed by atoms with van der Waals surface area (Å²) < 4.78 is 2.13. The van der Waals surface area contributed by atoms with Crippen molar-refractivity contribution in [2.24, 2.45) is 11.7 Å². The van der Waals surface area contributed by atoms with E-state index in [1.54, 1.807) is 0 Å². The SMILES string of the molecule is CCCn1nccc1C1C(N)CCN1CC(C)C. The van der Waals surface area contributed by atoms with Crippen molar-refractivity contribution >= 4 is 0 Å². The highest BCUT2D eigenvalue weighted by atomic mass is 15.3. The fourth-order valence-corrected chi connectivity index (χ4v) is 2.96. The smallest absolute Gasteiger partial charge is 0.0671 e. The van der Waals surface area contributed by atoms with Crippen molar-refractivity contribution in [2.45, 2.75) is 52.2 Å². The third-order valence-electron chi connectivity index (χ3n) is 3.64. The molecule has 4 heteroatoms. The summed E-state index contributed by atoms with van der Waals surface area (Å²) >= 11 is 0. The van der Waals surface area contributed by atoms with E-state index in [2.05, 4.69) is 41.5 Å². The Labute approximate surface area is 110 Å². The Kier molecular flexibility index (Phi) is 4.40. The molecule has 4 nitrogen and oxygen atoms in total. The second-order valence-corrected chi connectivity index (χ2v) is 5.77. The monoisotopic (exact) mass is 250 g/mol. The molecule has 1 saturated heterocycles. The van der Waals surface area contributed by atoms with Crippen molar-refractivity contribution in [1.82, 2.24) is 14.7 Å². The minimum atomic E-state index is 0.246. The van der Waals surface area contributed by atoms with Crippen molar-refractivity contribution in [2.75, 3.05) is 13.1 Å². The Morgan fingerprint density at radius 1 is 1.50 bits per heavy atom. The molecule has 2 N–H and O–H groups in total. The predicted octanol–water partition coefficient (Wildman–Crippen LogP) is 2.02. The lowest BCUT2D eigenvalue weighted by atomic mass is 10.1. The summed E-state index contributed by atoms with van der Waals surface area (Å²) in [5.74, 6) is 0.681. The summed E-state index contributed by atoms with van der Waals surface area (Å²) in [6.45, 7) is 9.94. The Morgan fingerprint density at radius 2 is 2.28 bits per heavy atom. The van der Waals surface area contributed by atoms with Gasteiger partial charge in [-0.3, -0.25) is 9.58 Å². The van der Waals surface area contributed by atoms with E-state index < -0.39 is 0 Å². The molecule has 0 saturated carbocycles. The molecule has 1 aromatic heterocycles. The molecule has 1 aliphatic rings. The van der Waals surface area contributed by atoms with Crippen LogP contribution < -0.4 is 5.73 Å². The summed E-state index contributed by atoms with van der Waals surface area (Å²) in [5.41, 5.74) is 7.61. The Bertz CT molecular complexity index is 372. The Balaban J connectivity index is 2.19. The van der Waals surface area contributed by atoms with Gasteiger partial charge in [0, 0.05) is 31.9 Å². The second kappa shape index (κ2) is 5.85. The molecule has 0 bridgehead atoms. The summed E-state index contributed by atoms with van der Waals surface area (Å²) in [6.07, 6.45) is 4.11. The molecule has 1 fully saturated rings. The molecule has 0 amide bonds. The van der Waals surface area contributed by atoms with Crippen LogP contribution in [0.5, 0.6) is 0 Å². The molecule has 102 valence electrons. The summed E-state index contributed by atoms with van der Waals surface area (Å²) in [4.78, 5) is 2.53. The standard InChI is InChI=1S/C14H26N4/c1-4-8-18-13(5-7-16-18)14-12(15)6-9-17(14)10-11(2)3/h5,7,11-12,14H,4,6,8-10,15H2,1-3H3. The molecule has 1 aromatic rings. The van der Waals surface area contributed by atoms with Gasteiger partial charge in [-0.15, -0.1) is 0 Å². The van der Waals surface area contributed by atoms with E-state index in [0.717, 1.165) is 32.5 Å². The maximum Gasteiger partial charge on any atom is 0.0671 e. The van der Waals surface area contributed by atoms with Crippen molar-refractivity contribution in [1.29, 1.82) is 0 Å². The normalized spacial score (nSPS) is 25.2. The van der Waals surface area contributed by atoms with Crippen LogP contribution in [-0.4, -0.2) is 33.8 Å². The number of nitrogens with two attached hydrogens (primary N) is 1. The highest BCUT2D eigenvalue weighted by molar-refractivity contribution is 5.13. The molecule has 18 heavy (non-hydrogen) atoms. The summed E-state index contributed by atoms with van der Waals surface area (Å²) in [6, 6.07) is 2.73. The lowest BCUT2D eigenvalue weighted by Gasteiger charge is -2.28. The average molecular weight is 250 g/mol. The second-order valence-electron chi connectivity index (χ2n) is 5.77. The van der Waals surface area contributed by atoms with Gasteiger partial charge in [0.2, 0.25) is 0 Å². The first kappa shape index (κ1) is 13.6. The van der Waals surface area contributed by atoms with E-state index >= 15 is 0 Å². The fraction of sp³-hybridized carbons (Fsp3) is 0.786. The first-order chi connectivity index (χ1) is 8.63. The van der Waals surface area contributed by atoms with Crippen LogP contribution in [0.2, 0.25) is 0 Å². The van der Waals surface area contributed by atoms with Crippen molar-refractivity contribution in [3.63, 3.8) is 0 Å². The van der Waals surface area contributed by atoms with Crippen LogP contribution in [0.3, 0.4) is 0 Å². The number of likely N-dealkylation sites (tertiary alicyclic amines) is 1. The molecule has 2 heterocycles. The molecular formula is C14H26N4. The van der Waals surface area contributed by atoms with Crippen molar-refractivity contribution in [3.8, 4) is 0 Å². The maximum absolute atomic E-state index is 6.32. The molecule has 0 radical (unpaired) electrons. The van der Waals surface area contributed by atoms with Gasteiger partial charge in [-0.2, -0.15) is 5.10 Å². The highest BCUT2D eigenvalue weighted by Crippen LogP contribution is 2.31. The largest absolute Gasteiger partial charge is 0.326 e. The van der Waals surface area contributed by atoms with Crippen LogP contribution >= 0.6 is 0 Å². The average Bonchev–Trinajstić information content (AvgIpc) is 2.86. The first-order valence-corrected chi connectivity index (χ1v) is 7.14. The zero-order chi connectivity index (χ0) is 13.1. The Hall–Kier alpha value is -0.870. The van der Waals surface area contributed by atoms with Crippen LogP contribution in [0.25, 0.3) is 0 Å². The lowest BCUT2D eigenvalue weighted by Crippen LogP contribution is -2.35. The van der Waals surface area contributed by atoms with E-state index in [-0.39, 0.29) is 6.04 Å². The van der Waals surface area contributed by atoms with Gasteiger partial charge in [0.25, 0.3) is 0 Å². The minimum absolute atomic E-state index is 0.246. The first-order valence-electron chi connectivity index (χ1n) is 7.14. The van der Waals surface area contributed by atoms with Gasteiger partial charge in [-0.05, 0) is 24.8 Å². The molecule has 1 aliphatic heterocycles. The molecular weight excluding hydrogens is 224 g/mol. The van der Waals surface area contributed by atoms with E-state index in [4.69, 9.17) is 5.73 Å². The topological polar surface area (TPSA) is 47.1 Å². The number of aromatic nitrogens is 2. The van der Waals surface area contributed by atoms with Crippen molar-refractivity contribution in [3.05, 3.63) is 18.0 Å². The zero-order valence-corrected chi connectivity index (χ0v) is 11.8. The van der Waals surface area contributed by atoms with Gasteiger partial charge in [0.05, 0.1) is 11.7 Å². The van der Waals surface area contributed by atoms with Gasteiger partial charge in [0.15, 0.2) is 0 Å². The summed E-state index contributed by atoms with van der Waals surface area (Å²) in [7, 11) is 0.